The monoisotopic (exact) mass is 449 g/mol. The summed E-state index contributed by atoms with van der Waals surface area (Å²) in [5.41, 5.74) is 2.61. The maximum absolute atomic E-state index is 12.8. The zero-order chi connectivity index (χ0) is 22.3. The number of anilines is 2. The molecule has 1 aromatic heterocycles. The highest BCUT2D eigenvalue weighted by molar-refractivity contribution is 7.20. The smallest absolute Gasteiger partial charge is 0.341 e. The van der Waals surface area contributed by atoms with Crippen molar-refractivity contribution >= 4 is 33.9 Å². The zero-order valence-corrected chi connectivity index (χ0v) is 18.9. The number of nitrogens with zero attached hydrogens (tertiary/aromatic N) is 2. The molecule has 2 aromatic carbocycles. The summed E-state index contributed by atoms with van der Waals surface area (Å²) < 4.78 is 5.20. The van der Waals surface area contributed by atoms with Crippen LogP contribution in [0.3, 0.4) is 0 Å². The van der Waals surface area contributed by atoms with E-state index in [0.29, 0.717) is 17.1 Å². The highest BCUT2D eigenvalue weighted by Crippen LogP contribution is 2.36. The van der Waals surface area contributed by atoms with Crippen molar-refractivity contribution in [3.8, 4) is 10.4 Å². The molecular formula is C25H27N3O3S. The number of amides is 1. The summed E-state index contributed by atoms with van der Waals surface area (Å²) in [5, 5.41) is 3.49. The molecule has 0 atom stereocenters. The molecule has 1 aliphatic heterocycles. The summed E-state index contributed by atoms with van der Waals surface area (Å²) in [7, 11) is 0. The van der Waals surface area contributed by atoms with Crippen LogP contribution in [0, 0.1) is 0 Å². The van der Waals surface area contributed by atoms with E-state index in [1.165, 1.54) is 17.0 Å². The van der Waals surface area contributed by atoms with Gasteiger partial charge in [-0.25, -0.2) is 4.79 Å². The van der Waals surface area contributed by atoms with Crippen molar-refractivity contribution in [3.05, 3.63) is 72.3 Å². The Morgan fingerprint density at radius 3 is 2.28 bits per heavy atom. The second-order valence-corrected chi connectivity index (χ2v) is 8.64. The van der Waals surface area contributed by atoms with Crippen LogP contribution < -0.4 is 10.2 Å². The van der Waals surface area contributed by atoms with Gasteiger partial charge in [0.05, 0.1) is 18.7 Å². The Hall–Kier alpha value is -3.16. The van der Waals surface area contributed by atoms with Crippen LogP contribution in [0.25, 0.3) is 10.4 Å². The van der Waals surface area contributed by atoms with Gasteiger partial charge in [0.25, 0.3) is 0 Å². The number of piperazine rings is 1. The molecule has 3 aromatic rings. The van der Waals surface area contributed by atoms with Gasteiger partial charge < -0.3 is 15.0 Å². The summed E-state index contributed by atoms with van der Waals surface area (Å²) >= 11 is 1.40. The number of nitrogens with one attached hydrogen (secondary N) is 1. The minimum absolute atomic E-state index is 0.120. The van der Waals surface area contributed by atoms with Gasteiger partial charge in [0, 0.05) is 36.7 Å². The van der Waals surface area contributed by atoms with Crippen molar-refractivity contribution in [2.45, 2.75) is 6.92 Å². The molecular weight excluding hydrogens is 422 g/mol. The number of esters is 1. The summed E-state index contributed by atoms with van der Waals surface area (Å²) in [5.74, 6) is -0.539. The average Bonchev–Trinajstić information content (AvgIpc) is 3.24. The lowest BCUT2D eigenvalue weighted by molar-refractivity contribution is -0.117. The standard InChI is InChI=1S/C25H27N3O3S/c1-2-31-25(30)21-17-22(19-9-5-3-6-10-19)32-24(21)26-23(29)18-27-13-15-28(16-14-27)20-11-7-4-8-12-20/h3-12,17H,2,13-16,18H2,1H3,(H,26,29). The second-order valence-electron chi connectivity index (χ2n) is 7.59. The molecule has 32 heavy (non-hydrogen) atoms. The second kappa shape index (κ2) is 10.4. The van der Waals surface area contributed by atoms with Crippen molar-refractivity contribution in [3.63, 3.8) is 0 Å². The number of hydrogen-bond acceptors (Lipinski definition) is 6. The maximum atomic E-state index is 12.8. The van der Waals surface area contributed by atoms with Crippen LogP contribution in [-0.2, 0) is 9.53 Å². The summed E-state index contributed by atoms with van der Waals surface area (Å²) in [6.45, 7) is 5.73. The van der Waals surface area contributed by atoms with Crippen molar-refractivity contribution in [1.29, 1.82) is 0 Å². The minimum atomic E-state index is -0.419. The van der Waals surface area contributed by atoms with Crippen LogP contribution in [0.15, 0.2) is 66.7 Å². The van der Waals surface area contributed by atoms with E-state index in [1.807, 2.05) is 48.5 Å². The third kappa shape index (κ3) is 5.36. The first-order valence-corrected chi connectivity index (χ1v) is 11.6. The Balaban J connectivity index is 1.40. The van der Waals surface area contributed by atoms with Crippen LogP contribution in [0.1, 0.15) is 17.3 Å². The number of carbonyl (C=O) groups excluding carboxylic acids is 2. The predicted octanol–water partition coefficient (Wildman–Crippen LogP) is 4.35. The molecule has 0 unspecified atom stereocenters. The third-order valence-electron chi connectivity index (χ3n) is 5.40. The summed E-state index contributed by atoms with van der Waals surface area (Å²) in [6, 6.07) is 21.9. The SMILES string of the molecule is CCOC(=O)c1cc(-c2ccccc2)sc1NC(=O)CN1CCN(c2ccccc2)CC1. The van der Waals surface area contributed by atoms with E-state index in [0.717, 1.165) is 36.6 Å². The van der Waals surface area contributed by atoms with Gasteiger partial charge >= 0.3 is 5.97 Å². The van der Waals surface area contributed by atoms with Gasteiger partial charge in [-0.1, -0.05) is 48.5 Å². The van der Waals surface area contributed by atoms with Gasteiger partial charge in [0.2, 0.25) is 5.91 Å². The van der Waals surface area contributed by atoms with Crippen molar-refractivity contribution in [2.24, 2.45) is 0 Å². The van der Waals surface area contributed by atoms with E-state index in [9.17, 15) is 9.59 Å². The molecule has 0 radical (unpaired) electrons. The van der Waals surface area contributed by atoms with Crippen LogP contribution in [0.5, 0.6) is 0 Å². The van der Waals surface area contributed by atoms with Gasteiger partial charge in [0.1, 0.15) is 5.00 Å². The number of thiophene rings is 1. The lowest BCUT2D eigenvalue weighted by Gasteiger charge is -2.35. The number of benzene rings is 2. The van der Waals surface area contributed by atoms with E-state index in [-0.39, 0.29) is 12.5 Å². The number of hydrogen-bond donors (Lipinski definition) is 1. The van der Waals surface area contributed by atoms with E-state index < -0.39 is 5.97 Å². The summed E-state index contributed by atoms with van der Waals surface area (Å²) in [6.07, 6.45) is 0. The quantitative estimate of drug-likeness (QED) is 0.544. The minimum Gasteiger partial charge on any atom is -0.462 e. The molecule has 6 nitrogen and oxygen atoms in total. The molecule has 7 heteroatoms. The topological polar surface area (TPSA) is 61.9 Å². The molecule has 1 amide bonds. The molecule has 1 N–H and O–H groups in total. The number of para-hydroxylation sites is 1. The predicted molar refractivity (Wildman–Crippen MR) is 129 cm³/mol. The normalized spacial score (nSPS) is 14.2. The van der Waals surface area contributed by atoms with Gasteiger partial charge in [0.15, 0.2) is 0 Å². The van der Waals surface area contributed by atoms with Gasteiger partial charge in [-0.2, -0.15) is 0 Å². The fraction of sp³-hybridized carbons (Fsp3) is 0.280. The number of carbonyl (C=O) groups is 2. The van der Waals surface area contributed by atoms with Gasteiger partial charge in [-0.15, -0.1) is 11.3 Å². The molecule has 4 rings (SSSR count). The van der Waals surface area contributed by atoms with E-state index >= 15 is 0 Å². The Kier molecular flexibility index (Phi) is 7.19. The maximum Gasteiger partial charge on any atom is 0.341 e. The zero-order valence-electron chi connectivity index (χ0n) is 18.1. The van der Waals surface area contributed by atoms with Crippen LogP contribution in [-0.4, -0.2) is 56.1 Å². The Morgan fingerprint density at radius 2 is 1.62 bits per heavy atom. The van der Waals surface area contributed by atoms with E-state index in [1.54, 1.807) is 13.0 Å². The Labute approximate surface area is 192 Å². The first-order valence-electron chi connectivity index (χ1n) is 10.8. The molecule has 1 aliphatic rings. The van der Waals surface area contributed by atoms with E-state index in [2.05, 4.69) is 27.2 Å². The fourth-order valence-electron chi connectivity index (χ4n) is 3.76. The Bertz CT molecular complexity index is 1040. The largest absolute Gasteiger partial charge is 0.462 e. The third-order valence-corrected chi connectivity index (χ3v) is 6.50. The molecule has 0 saturated carbocycles. The van der Waals surface area contributed by atoms with E-state index in [4.69, 9.17) is 4.74 Å². The lowest BCUT2D eigenvalue weighted by atomic mass is 10.1. The molecule has 166 valence electrons. The molecule has 0 bridgehead atoms. The first-order chi connectivity index (χ1) is 15.6. The number of ether oxygens (including phenoxy) is 1. The lowest BCUT2D eigenvalue weighted by Crippen LogP contribution is -2.48. The van der Waals surface area contributed by atoms with Gasteiger partial charge in [-0.05, 0) is 30.7 Å². The molecule has 1 saturated heterocycles. The highest BCUT2D eigenvalue weighted by atomic mass is 32.1. The van der Waals surface area contributed by atoms with Crippen LogP contribution >= 0.6 is 11.3 Å². The summed E-state index contributed by atoms with van der Waals surface area (Å²) in [4.78, 5) is 30.7. The van der Waals surface area contributed by atoms with Crippen molar-refractivity contribution in [2.75, 3.05) is 49.5 Å². The molecule has 1 fully saturated rings. The van der Waals surface area contributed by atoms with Crippen LogP contribution in [0.4, 0.5) is 10.7 Å². The molecule has 0 aliphatic carbocycles. The van der Waals surface area contributed by atoms with Gasteiger partial charge in [-0.3, -0.25) is 9.69 Å². The molecule has 2 heterocycles. The fourth-order valence-corrected chi connectivity index (χ4v) is 4.83. The van der Waals surface area contributed by atoms with Crippen molar-refractivity contribution < 1.29 is 14.3 Å². The van der Waals surface area contributed by atoms with Crippen LogP contribution in [0.2, 0.25) is 0 Å². The Morgan fingerprint density at radius 1 is 0.969 bits per heavy atom. The molecule has 0 spiro atoms. The van der Waals surface area contributed by atoms with Crippen molar-refractivity contribution in [1.82, 2.24) is 4.90 Å². The highest BCUT2D eigenvalue weighted by Gasteiger charge is 2.22. The average molecular weight is 450 g/mol. The first kappa shape index (κ1) is 22.0. The number of rotatable bonds is 7.